The number of hydrogen-bond acceptors (Lipinski definition) is 5. The van der Waals surface area contributed by atoms with Crippen LogP contribution in [0.2, 0.25) is 0 Å². The van der Waals surface area contributed by atoms with Crippen molar-refractivity contribution in [1.82, 2.24) is 25.2 Å². The number of ether oxygens (including phenoxy) is 1. The second-order valence-corrected chi connectivity index (χ2v) is 7.11. The molecule has 0 unspecified atom stereocenters. The maximum atomic E-state index is 13.3. The first kappa shape index (κ1) is 19.6. The third-order valence-corrected chi connectivity index (χ3v) is 5.25. The molecule has 0 saturated carbocycles. The van der Waals surface area contributed by atoms with Crippen molar-refractivity contribution in [3.8, 4) is 0 Å². The number of amides is 2. The first-order valence-electron chi connectivity index (χ1n) is 9.78. The van der Waals surface area contributed by atoms with E-state index in [1.807, 2.05) is 42.5 Å². The van der Waals surface area contributed by atoms with Crippen molar-refractivity contribution in [2.45, 2.75) is 24.9 Å². The first-order chi connectivity index (χ1) is 14.7. The maximum absolute atomic E-state index is 13.3. The predicted molar refractivity (Wildman–Crippen MR) is 110 cm³/mol. The molecule has 0 spiro atoms. The number of pyridine rings is 1. The SMILES string of the molecule is COC(=O)[C@@H](Cc1ccccc1)NC(=O)N1CCc2[nH]cnc2[C@H]1c1cccnc1. The maximum Gasteiger partial charge on any atom is 0.328 e. The number of fused-ring (bicyclic) bond motifs is 1. The molecule has 1 aliphatic rings. The Morgan fingerprint density at radius 1 is 1.27 bits per heavy atom. The van der Waals surface area contributed by atoms with Crippen molar-refractivity contribution < 1.29 is 14.3 Å². The van der Waals surface area contributed by atoms with Crippen LogP contribution in [0.1, 0.15) is 28.6 Å². The smallest absolute Gasteiger partial charge is 0.328 e. The molecule has 1 aliphatic heterocycles. The number of carbonyl (C=O) groups excluding carboxylic acids is 2. The fraction of sp³-hybridized carbons (Fsp3) is 0.273. The van der Waals surface area contributed by atoms with Crippen molar-refractivity contribution in [3.63, 3.8) is 0 Å². The van der Waals surface area contributed by atoms with Crippen LogP contribution in [-0.2, 0) is 22.4 Å². The van der Waals surface area contributed by atoms with Crippen molar-refractivity contribution in [1.29, 1.82) is 0 Å². The van der Waals surface area contributed by atoms with Crippen LogP contribution in [0, 0.1) is 0 Å². The molecule has 4 rings (SSSR count). The molecule has 0 radical (unpaired) electrons. The van der Waals surface area contributed by atoms with Crippen LogP contribution in [0.4, 0.5) is 4.79 Å². The Labute approximate surface area is 174 Å². The standard InChI is InChI=1S/C22H23N5O3/c1-30-21(28)18(12-15-6-3-2-4-7-15)26-22(29)27-11-9-17-19(25-14-24-17)20(27)16-8-5-10-23-13-16/h2-8,10,13-14,18,20H,9,11-12H2,1H3,(H,24,25)(H,26,29)/t18-,20-/m1/s1. The second-order valence-electron chi connectivity index (χ2n) is 7.11. The number of esters is 1. The van der Waals surface area contributed by atoms with E-state index in [0.29, 0.717) is 19.4 Å². The van der Waals surface area contributed by atoms with Gasteiger partial charge in [-0.1, -0.05) is 36.4 Å². The van der Waals surface area contributed by atoms with Crippen molar-refractivity contribution in [2.75, 3.05) is 13.7 Å². The van der Waals surface area contributed by atoms with Crippen LogP contribution >= 0.6 is 0 Å². The van der Waals surface area contributed by atoms with Crippen LogP contribution in [0.5, 0.6) is 0 Å². The number of aromatic amines is 1. The van der Waals surface area contributed by atoms with Gasteiger partial charge in [0.25, 0.3) is 0 Å². The topological polar surface area (TPSA) is 100 Å². The second kappa shape index (κ2) is 8.77. The molecule has 154 valence electrons. The van der Waals surface area contributed by atoms with E-state index in [2.05, 4.69) is 20.3 Å². The third-order valence-electron chi connectivity index (χ3n) is 5.25. The number of imidazole rings is 1. The van der Waals surface area contributed by atoms with Gasteiger partial charge in [0.1, 0.15) is 12.1 Å². The summed E-state index contributed by atoms with van der Waals surface area (Å²) in [5, 5.41) is 2.86. The monoisotopic (exact) mass is 405 g/mol. The van der Waals surface area contributed by atoms with Gasteiger partial charge >= 0.3 is 12.0 Å². The Morgan fingerprint density at radius 3 is 2.83 bits per heavy atom. The lowest BCUT2D eigenvalue weighted by molar-refractivity contribution is -0.142. The average Bonchev–Trinajstić information content (AvgIpc) is 3.27. The van der Waals surface area contributed by atoms with Crippen LogP contribution in [0.25, 0.3) is 0 Å². The summed E-state index contributed by atoms with van der Waals surface area (Å²) in [6.07, 6.45) is 6.06. The van der Waals surface area contributed by atoms with E-state index in [1.165, 1.54) is 7.11 Å². The number of rotatable bonds is 5. The van der Waals surface area contributed by atoms with Gasteiger partial charge < -0.3 is 19.9 Å². The Hall–Kier alpha value is -3.68. The quantitative estimate of drug-likeness (QED) is 0.634. The zero-order valence-corrected chi connectivity index (χ0v) is 16.6. The summed E-state index contributed by atoms with van der Waals surface area (Å²) in [4.78, 5) is 39.1. The predicted octanol–water partition coefficient (Wildman–Crippen LogP) is 2.25. The highest BCUT2D eigenvalue weighted by molar-refractivity contribution is 5.84. The van der Waals surface area contributed by atoms with Gasteiger partial charge in [-0.05, 0) is 17.2 Å². The molecule has 2 atom stereocenters. The zero-order chi connectivity index (χ0) is 20.9. The fourth-order valence-electron chi connectivity index (χ4n) is 3.79. The van der Waals surface area contributed by atoms with Crippen LogP contribution < -0.4 is 5.32 Å². The molecule has 2 aromatic heterocycles. The third kappa shape index (κ3) is 4.03. The summed E-state index contributed by atoms with van der Waals surface area (Å²) >= 11 is 0. The summed E-state index contributed by atoms with van der Waals surface area (Å²) in [5.41, 5.74) is 3.59. The summed E-state index contributed by atoms with van der Waals surface area (Å²) in [7, 11) is 1.32. The highest BCUT2D eigenvalue weighted by Crippen LogP contribution is 2.32. The first-order valence-corrected chi connectivity index (χ1v) is 9.78. The molecule has 8 nitrogen and oxygen atoms in total. The normalized spacial score (nSPS) is 16.4. The zero-order valence-electron chi connectivity index (χ0n) is 16.6. The highest BCUT2D eigenvalue weighted by atomic mass is 16.5. The number of aromatic nitrogens is 3. The minimum absolute atomic E-state index is 0.344. The Balaban J connectivity index is 1.59. The number of nitrogens with one attached hydrogen (secondary N) is 2. The number of benzene rings is 1. The highest BCUT2D eigenvalue weighted by Gasteiger charge is 2.35. The summed E-state index contributed by atoms with van der Waals surface area (Å²) < 4.78 is 4.93. The van der Waals surface area contributed by atoms with Crippen molar-refractivity contribution in [2.24, 2.45) is 0 Å². The van der Waals surface area contributed by atoms with E-state index in [0.717, 1.165) is 22.5 Å². The number of H-pyrrole nitrogens is 1. The van der Waals surface area contributed by atoms with Gasteiger partial charge in [-0.2, -0.15) is 0 Å². The minimum Gasteiger partial charge on any atom is -0.467 e. The molecular formula is C22H23N5O3. The van der Waals surface area contributed by atoms with Crippen molar-refractivity contribution >= 4 is 12.0 Å². The van der Waals surface area contributed by atoms with Crippen LogP contribution in [0.3, 0.4) is 0 Å². The Kier molecular flexibility index (Phi) is 5.74. The van der Waals surface area contributed by atoms with E-state index in [1.54, 1.807) is 23.6 Å². The number of urea groups is 1. The van der Waals surface area contributed by atoms with Gasteiger partial charge in [0.2, 0.25) is 0 Å². The Morgan fingerprint density at radius 2 is 2.10 bits per heavy atom. The molecule has 3 heterocycles. The summed E-state index contributed by atoms with van der Waals surface area (Å²) in [6.45, 7) is 0.486. The number of hydrogen-bond donors (Lipinski definition) is 2. The van der Waals surface area contributed by atoms with Crippen LogP contribution in [-0.4, -0.2) is 51.5 Å². The molecule has 2 N–H and O–H groups in total. The lowest BCUT2D eigenvalue weighted by atomic mass is 9.97. The summed E-state index contributed by atoms with van der Waals surface area (Å²) in [5.74, 6) is -0.484. The molecule has 0 aliphatic carbocycles. The van der Waals surface area contributed by atoms with Crippen LogP contribution in [0.15, 0.2) is 61.2 Å². The van der Waals surface area contributed by atoms with Gasteiger partial charge in [0, 0.05) is 37.5 Å². The lowest BCUT2D eigenvalue weighted by Gasteiger charge is -2.35. The molecule has 0 fully saturated rings. The van der Waals surface area contributed by atoms with E-state index in [4.69, 9.17) is 4.74 Å². The Bertz CT molecular complexity index is 1010. The number of methoxy groups -OCH3 is 1. The van der Waals surface area contributed by atoms with E-state index < -0.39 is 12.0 Å². The van der Waals surface area contributed by atoms with E-state index in [-0.39, 0.29) is 12.1 Å². The molecule has 2 amide bonds. The number of carbonyl (C=O) groups is 2. The van der Waals surface area contributed by atoms with E-state index >= 15 is 0 Å². The summed E-state index contributed by atoms with van der Waals surface area (Å²) in [6, 6.07) is 11.8. The molecule has 8 heteroatoms. The van der Waals surface area contributed by atoms with E-state index in [9.17, 15) is 9.59 Å². The lowest BCUT2D eigenvalue weighted by Crippen LogP contribution is -2.52. The average molecular weight is 405 g/mol. The van der Waals surface area contributed by atoms with Crippen molar-refractivity contribution in [3.05, 3.63) is 83.7 Å². The molecule has 3 aromatic rings. The largest absolute Gasteiger partial charge is 0.467 e. The fourth-order valence-corrected chi connectivity index (χ4v) is 3.79. The molecular weight excluding hydrogens is 382 g/mol. The molecule has 1 aromatic carbocycles. The molecule has 30 heavy (non-hydrogen) atoms. The molecule has 0 saturated heterocycles. The minimum atomic E-state index is -0.792. The van der Waals surface area contributed by atoms with Gasteiger partial charge in [-0.15, -0.1) is 0 Å². The van der Waals surface area contributed by atoms with Gasteiger partial charge in [0.15, 0.2) is 0 Å². The number of nitrogens with zero attached hydrogens (tertiary/aromatic N) is 3. The van der Waals surface area contributed by atoms with Gasteiger partial charge in [-0.25, -0.2) is 14.6 Å². The molecule has 0 bridgehead atoms. The van der Waals surface area contributed by atoms with Gasteiger partial charge in [0.05, 0.1) is 19.1 Å². The van der Waals surface area contributed by atoms with Gasteiger partial charge in [-0.3, -0.25) is 4.98 Å².